The summed E-state index contributed by atoms with van der Waals surface area (Å²) in [5, 5.41) is 8.67. The van der Waals surface area contributed by atoms with Crippen LogP contribution in [0, 0.1) is 0 Å². The summed E-state index contributed by atoms with van der Waals surface area (Å²) in [5.41, 5.74) is 0. The van der Waals surface area contributed by atoms with Crippen molar-refractivity contribution in [3.8, 4) is 0 Å². The molecular formula is C11H20N2O3. The molecule has 0 spiro atoms. The van der Waals surface area contributed by atoms with Gasteiger partial charge in [0.15, 0.2) is 0 Å². The number of hydrogen-bond acceptors (Lipinski definition) is 2. The van der Waals surface area contributed by atoms with Crippen molar-refractivity contribution in [2.45, 2.75) is 20.3 Å². The second kappa shape index (κ2) is 7.73. The van der Waals surface area contributed by atoms with Crippen molar-refractivity contribution in [3.63, 3.8) is 0 Å². The largest absolute Gasteiger partial charge is 0.480 e. The van der Waals surface area contributed by atoms with Gasteiger partial charge in [-0.3, -0.25) is 4.79 Å². The minimum atomic E-state index is -0.995. The van der Waals surface area contributed by atoms with Gasteiger partial charge in [-0.2, -0.15) is 0 Å². The van der Waals surface area contributed by atoms with E-state index in [0.717, 1.165) is 6.42 Å². The maximum Gasteiger partial charge on any atom is 0.323 e. The van der Waals surface area contributed by atoms with E-state index >= 15 is 0 Å². The number of carboxylic acid groups (broad SMARTS) is 1. The summed E-state index contributed by atoms with van der Waals surface area (Å²) in [6.45, 7) is 8.51. The normalized spacial score (nSPS) is 9.62. The Morgan fingerprint density at radius 2 is 1.94 bits per heavy atom. The monoisotopic (exact) mass is 228 g/mol. The van der Waals surface area contributed by atoms with Gasteiger partial charge in [-0.1, -0.05) is 13.0 Å². The molecule has 0 bridgehead atoms. The van der Waals surface area contributed by atoms with E-state index in [-0.39, 0.29) is 12.6 Å². The SMILES string of the molecule is C=CCN(CCC)C(=O)N(CC)CC(=O)O. The molecule has 5 nitrogen and oxygen atoms in total. The zero-order valence-corrected chi connectivity index (χ0v) is 9.98. The molecule has 0 rings (SSSR count). The van der Waals surface area contributed by atoms with E-state index < -0.39 is 5.97 Å². The average molecular weight is 228 g/mol. The van der Waals surface area contributed by atoms with Crippen molar-refractivity contribution in [3.05, 3.63) is 12.7 Å². The summed E-state index contributed by atoms with van der Waals surface area (Å²) in [6.07, 6.45) is 2.48. The molecule has 0 saturated heterocycles. The number of urea groups is 1. The van der Waals surface area contributed by atoms with E-state index in [1.165, 1.54) is 4.90 Å². The van der Waals surface area contributed by atoms with Crippen LogP contribution in [0.2, 0.25) is 0 Å². The van der Waals surface area contributed by atoms with E-state index in [2.05, 4.69) is 6.58 Å². The molecule has 0 aliphatic rings. The first-order chi connectivity index (χ1) is 7.56. The summed E-state index contributed by atoms with van der Waals surface area (Å²) in [6, 6.07) is -0.244. The zero-order valence-electron chi connectivity index (χ0n) is 9.98. The average Bonchev–Trinajstić information content (AvgIpc) is 2.24. The number of likely N-dealkylation sites (N-methyl/N-ethyl adjacent to an activating group) is 1. The van der Waals surface area contributed by atoms with Crippen molar-refractivity contribution < 1.29 is 14.7 Å². The minimum Gasteiger partial charge on any atom is -0.480 e. The molecule has 92 valence electrons. The number of nitrogens with zero attached hydrogens (tertiary/aromatic N) is 2. The topological polar surface area (TPSA) is 60.9 Å². The van der Waals surface area contributed by atoms with Gasteiger partial charge in [0.2, 0.25) is 0 Å². The van der Waals surface area contributed by atoms with E-state index in [9.17, 15) is 9.59 Å². The van der Waals surface area contributed by atoms with Crippen LogP contribution >= 0.6 is 0 Å². The fraction of sp³-hybridized carbons (Fsp3) is 0.636. The molecule has 0 radical (unpaired) electrons. The van der Waals surface area contributed by atoms with Crippen LogP contribution in [0.3, 0.4) is 0 Å². The van der Waals surface area contributed by atoms with Crippen LogP contribution in [0.5, 0.6) is 0 Å². The van der Waals surface area contributed by atoms with Crippen LogP contribution in [0.4, 0.5) is 4.79 Å². The first kappa shape index (κ1) is 14.5. The molecule has 1 N–H and O–H groups in total. The van der Waals surface area contributed by atoms with Crippen molar-refractivity contribution in [1.82, 2.24) is 9.80 Å². The third-order valence-electron chi connectivity index (χ3n) is 2.09. The molecule has 5 heteroatoms. The van der Waals surface area contributed by atoms with Crippen LogP contribution in [0.1, 0.15) is 20.3 Å². The minimum absolute atomic E-state index is 0.244. The molecule has 0 aromatic rings. The lowest BCUT2D eigenvalue weighted by atomic mass is 10.4. The third kappa shape index (κ3) is 4.82. The van der Waals surface area contributed by atoms with Gasteiger partial charge in [-0.25, -0.2) is 4.79 Å². The highest BCUT2D eigenvalue weighted by Gasteiger charge is 2.19. The van der Waals surface area contributed by atoms with Crippen molar-refractivity contribution >= 4 is 12.0 Å². The van der Waals surface area contributed by atoms with Crippen molar-refractivity contribution in [2.75, 3.05) is 26.2 Å². The molecule has 0 atom stereocenters. The van der Waals surface area contributed by atoms with Crippen LogP contribution in [0.15, 0.2) is 12.7 Å². The number of hydrogen-bond donors (Lipinski definition) is 1. The predicted octanol–water partition coefficient (Wildman–Crippen LogP) is 1.41. The Morgan fingerprint density at radius 3 is 2.31 bits per heavy atom. The predicted molar refractivity (Wildman–Crippen MR) is 62.3 cm³/mol. The Morgan fingerprint density at radius 1 is 1.31 bits per heavy atom. The third-order valence-corrected chi connectivity index (χ3v) is 2.09. The van der Waals surface area contributed by atoms with E-state index in [4.69, 9.17) is 5.11 Å². The van der Waals surface area contributed by atoms with Gasteiger partial charge in [-0.15, -0.1) is 6.58 Å². The Bertz CT molecular complexity index is 250. The summed E-state index contributed by atoms with van der Waals surface area (Å²) < 4.78 is 0. The quantitative estimate of drug-likeness (QED) is 0.670. The van der Waals surface area contributed by atoms with Crippen LogP contribution in [0.25, 0.3) is 0 Å². The van der Waals surface area contributed by atoms with E-state index in [1.54, 1.807) is 17.9 Å². The van der Waals surface area contributed by atoms with Gasteiger partial charge >= 0.3 is 12.0 Å². The summed E-state index contributed by atoms with van der Waals surface area (Å²) in [7, 11) is 0. The molecule has 0 saturated carbocycles. The van der Waals surface area contributed by atoms with E-state index in [1.807, 2.05) is 6.92 Å². The lowest BCUT2D eigenvalue weighted by Crippen LogP contribution is -2.45. The second-order valence-corrected chi connectivity index (χ2v) is 3.43. The van der Waals surface area contributed by atoms with Gasteiger partial charge in [-0.05, 0) is 13.3 Å². The molecule has 0 aliphatic heterocycles. The summed E-state index contributed by atoms with van der Waals surface area (Å²) in [4.78, 5) is 25.4. The number of amides is 2. The van der Waals surface area contributed by atoms with Crippen LogP contribution in [-0.2, 0) is 4.79 Å². The summed E-state index contributed by atoms with van der Waals surface area (Å²) >= 11 is 0. The van der Waals surface area contributed by atoms with Gasteiger partial charge in [0, 0.05) is 19.6 Å². The Labute approximate surface area is 96.3 Å². The van der Waals surface area contributed by atoms with E-state index in [0.29, 0.717) is 19.6 Å². The first-order valence-corrected chi connectivity index (χ1v) is 5.43. The smallest absolute Gasteiger partial charge is 0.323 e. The lowest BCUT2D eigenvalue weighted by Gasteiger charge is -2.27. The standard InChI is InChI=1S/C11H20N2O3/c1-4-7-13(8-5-2)11(16)12(6-3)9-10(14)15/h4H,1,5-9H2,2-3H3,(H,14,15). The lowest BCUT2D eigenvalue weighted by molar-refractivity contribution is -0.137. The number of rotatable bonds is 7. The van der Waals surface area contributed by atoms with Crippen LogP contribution < -0.4 is 0 Å². The fourth-order valence-electron chi connectivity index (χ4n) is 1.37. The Kier molecular flexibility index (Phi) is 7.00. The first-order valence-electron chi connectivity index (χ1n) is 5.43. The molecule has 0 unspecified atom stereocenters. The molecule has 0 aromatic carbocycles. The van der Waals surface area contributed by atoms with Crippen molar-refractivity contribution in [2.24, 2.45) is 0 Å². The highest BCUT2D eigenvalue weighted by molar-refractivity contribution is 5.80. The molecule has 2 amide bonds. The highest BCUT2D eigenvalue weighted by Crippen LogP contribution is 2.01. The van der Waals surface area contributed by atoms with Gasteiger partial charge in [0.1, 0.15) is 6.54 Å². The maximum atomic E-state index is 11.9. The summed E-state index contributed by atoms with van der Waals surface area (Å²) in [5.74, 6) is -0.995. The Balaban J connectivity index is 4.52. The number of aliphatic carboxylic acids is 1. The van der Waals surface area contributed by atoms with Crippen LogP contribution in [-0.4, -0.2) is 53.1 Å². The zero-order chi connectivity index (χ0) is 12.6. The molecule has 0 fully saturated rings. The number of carbonyl (C=O) groups is 2. The number of carbonyl (C=O) groups excluding carboxylic acids is 1. The second-order valence-electron chi connectivity index (χ2n) is 3.43. The molecular weight excluding hydrogens is 208 g/mol. The Hall–Kier alpha value is -1.52. The highest BCUT2D eigenvalue weighted by atomic mass is 16.4. The fourth-order valence-corrected chi connectivity index (χ4v) is 1.37. The van der Waals surface area contributed by atoms with Crippen molar-refractivity contribution in [1.29, 1.82) is 0 Å². The number of carboxylic acids is 1. The van der Waals surface area contributed by atoms with Gasteiger partial charge < -0.3 is 14.9 Å². The molecule has 16 heavy (non-hydrogen) atoms. The van der Waals surface area contributed by atoms with Gasteiger partial charge in [0.05, 0.1) is 0 Å². The molecule has 0 aliphatic carbocycles. The maximum absolute atomic E-state index is 11.9. The molecule has 0 aromatic heterocycles. The molecule has 0 heterocycles. The van der Waals surface area contributed by atoms with Gasteiger partial charge in [0.25, 0.3) is 0 Å².